The van der Waals surface area contributed by atoms with E-state index >= 15 is 0 Å². The van der Waals surface area contributed by atoms with Gasteiger partial charge in [0.05, 0.1) is 0 Å². The molecule has 0 aromatic heterocycles. The molecule has 3 heteroatoms. The molecule has 1 rings (SSSR count). The molecule has 1 aliphatic rings. The molecule has 0 atom stereocenters. The molecule has 0 heterocycles. The van der Waals surface area contributed by atoms with Crippen LogP contribution in [0.25, 0.3) is 0 Å². The van der Waals surface area contributed by atoms with E-state index in [1.807, 2.05) is 0 Å². The van der Waals surface area contributed by atoms with Crippen LogP contribution in [0.5, 0.6) is 0 Å². The molecule has 1 aliphatic carbocycles. The fourth-order valence-electron chi connectivity index (χ4n) is 2.29. The maximum absolute atomic E-state index is 5.79. The van der Waals surface area contributed by atoms with Crippen molar-refractivity contribution in [3.63, 3.8) is 0 Å². The van der Waals surface area contributed by atoms with Crippen LogP contribution in [0.2, 0.25) is 0 Å². The Morgan fingerprint density at radius 1 is 1.36 bits per heavy atom. The normalized spacial score (nSPS) is 28.9. The summed E-state index contributed by atoms with van der Waals surface area (Å²) in [5.74, 6) is 1.62. The van der Waals surface area contributed by atoms with E-state index in [4.69, 9.17) is 5.73 Å². The summed E-state index contributed by atoms with van der Waals surface area (Å²) in [6.45, 7) is 2.29. The largest absolute Gasteiger partial charge is 0.370 e. The van der Waals surface area contributed by atoms with Gasteiger partial charge in [0, 0.05) is 20.1 Å². The minimum Gasteiger partial charge on any atom is -0.370 e. The first-order chi connectivity index (χ1) is 6.69. The molecule has 0 unspecified atom stereocenters. The Hall–Kier alpha value is -0.730. The number of nitrogens with two attached hydrogens (primary N) is 1. The Labute approximate surface area is 87.4 Å². The molecule has 1 fully saturated rings. The quantitative estimate of drug-likeness (QED) is 0.542. The topological polar surface area (TPSA) is 41.6 Å². The van der Waals surface area contributed by atoms with E-state index < -0.39 is 0 Å². The molecule has 0 radical (unpaired) electrons. The zero-order valence-corrected chi connectivity index (χ0v) is 9.66. The van der Waals surface area contributed by atoms with E-state index in [2.05, 4.69) is 23.9 Å². The van der Waals surface area contributed by atoms with Crippen molar-refractivity contribution in [1.29, 1.82) is 0 Å². The number of hydrogen-bond acceptors (Lipinski definition) is 1. The Kier molecular flexibility index (Phi) is 4.23. The van der Waals surface area contributed by atoms with Gasteiger partial charge in [-0.05, 0) is 31.6 Å². The molecule has 3 nitrogen and oxygen atoms in total. The molecular formula is C11H23N3. The highest BCUT2D eigenvalue weighted by molar-refractivity contribution is 5.77. The third-order valence-corrected chi connectivity index (χ3v) is 3.53. The van der Waals surface area contributed by atoms with Gasteiger partial charge in [-0.15, -0.1) is 0 Å². The lowest BCUT2D eigenvalue weighted by atomic mass is 9.84. The molecule has 14 heavy (non-hydrogen) atoms. The van der Waals surface area contributed by atoms with Crippen LogP contribution < -0.4 is 5.73 Å². The number of aliphatic imine (C=N–C) groups is 1. The molecule has 0 bridgehead atoms. The summed E-state index contributed by atoms with van der Waals surface area (Å²) >= 11 is 0. The summed E-state index contributed by atoms with van der Waals surface area (Å²) in [5.41, 5.74) is 5.79. The number of rotatable bonds is 2. The molecule has 0 aliphatic heterocycles. The van der Waals surface area contributed by atoms with Crippen LogP contribution in [-0.2, 0) is 0 Å². The van der Waals surface area contributed by atoms with Gasteiger partial charge in [0.2, 0.25) is 0 Å². The van der Waals surface area contributed by atoms with E-state index in [1.54, 1.807) is 7.05 Å². The van der Waals surface area contributed by atoms with Crippen LogP contribution in [-0.4, -0.2) is 31.0 Å². The Morgan fingerprint density at radius 2 is 1.93 bits per heavy atom. The highest BCUT2D eigenvalue weighted by atomic mass is 15.2. The van der Waals surface area contributed by atoms with E-state index in [-0.39, 0.29) is 0 Å². The summed E-state index contributed by atoms with van der Waals surface area (Å²) in [4.78, 5) is 6.15. The fraction of sp³-hybridized carbons (Fsp3) is 0.909. The lowest BCUT2D eigenvalue weighted by Gasteiger charge is -2.34. The van der Waals surface area contributed by atoms with Crippen molar-refractivity contribution in [2.45, 2.75) is 45.1 Å². The third-order valence-electron chi connectivity index (χ3n) is 3.53. The fourth-order valence-corrected chi connectivity index (χ4v) is 2.29. The number of hydrogen-bond donors (Lipinski definition) is 1. The lowest BCUT2D eigenvalue weighted by molar-refractivity contribution is 0.225. The molecule has 0 aromatic carbocycles. The minimum absolute atomic E-state index is 0.612. The second-order valence-electron chi connectivity index (χ2n) is 4.28. The maximum atomic E-state index is 5.79. The second-order valence-corrected chi connectivity index (χ2v) is 4.28. The van der Waals surface area contributed by atoms with Gasteiger partial charge in [0.1, 0.15) is 0 Å². The van der Waals surface area contributed by atoms with Gasteiger partial charge in [0.15, 0.2) is 5.96 Å². The first-order valence-electron chi connectivity index (χ1n) is 5.64. The molecule has 0 amide bonds. The van der Waals surface area contributed by atoms with Crippen molar-refractivity contribution < 1.29 is 0 Å². The van der Waals surface area contributed by atoms with Crippen LogP contribution in [0.4, 0.5) is 0 Å². The first-order valence-corrected chi connectivity index (χ1v) is 5.64. The third kappa shape index (κ3) is 2.63. The SMILES string of the molecule is CCC1CCC(N(C)C(N)=NC)CC1. The van der Waals surface area contributed by atoms with Crippen LogP contribution in [0.1, 0.15) is 39.0 Å². The van der Waals surface area contributed by atoms with E-state index in [9.17, 15) is 0 Å². The zero-order chi connectivity index (χ0) is 10.6. The predicted molar refractivity (Wildman–Crippen MR) is 61.3 cm³/mol. The molecule has 2 N–H and O–H groups in total. The van der Waals surface area contributed by atoms with Crippen molar-refractivity contribution in [1.82, 2.24) is 4.90 Å². The minimum atomic E-state index is 0.612. The Balaban J connectivity index is 2.41. The van der Waals surface area contributed by atoms with Gasteiger partial charge in [-0.25, -0.2) is 0 Å². The molecule has 0 spiro atoms. The van der Waals surface area contributed by atoms with Crippen LogP contribution in [0.15, 0.2) is 4.99 Å². The van der Waals surface area contributed by atoms with Gasteiger partial charge in [-0.3, -0.25) is 4.99 Å². The monoisotopic (exact) mass is 197 g/mol. The highest BCUT2D eigenvalue weighted by Crippen LogP contribution is 2.28. The zero-order valence-electron chi connectivity index (χ0n) is 9.66. The summed E-state index contributed by atoms with van der Waals surface area (Å²) < 4.78 is 0. The van der Waals surface area contributed by atoms with Crippen molar-refractivity contribution in [3.05, 3.63) is 0 Å². The number of guanidine groups is 1. The van der Waals surface area contributed by atoms with Crippen LogP contribution in [0.3, 0.4) is 0 Å². The standard InChI is InChI=1S/C11H23N3/c1-4-9-5-7-10(8-6-9)14(3)11(12)13-2/h9-10H,4-8H2,1-3H3,(H2,12,13). The Morgan fingerprint density at radius 3 is 2.36 bits per heavy atom. The number of nitrogens with zero attached hydrogens (tertiary/aromatic N) is 2. The average Bonchev–Trinajstić information content (AvgIpc) is 2.27. The molecule has 0 saturated heterocycles. The van der Waals surface area contributed by atoms with Gasteiger partial charge >= 0.3 is 0 Å². The van der Waals surface area contributed by atoms with Gasteiger partial charge < -0.3 is 10.6 Å². The van der Waals surface area contributed by atoms with Crippen LogP contribution in [0, 0.1) is 5.92 Å². The Bertz CT molecular complexity index is 193. The summed E-state index contributed by atoms with van der Waals surface area (Å²) in [5, 5.41) is 0. The lowest BCUT2D eigenvalue weighted by Crippen LogP contribution is -2.43. The highest BCUT2D eigenvalue weighted by Gasteiger charge is 2.23. The van der Waals surface area contributed by atoms with Crippen LogP contribution >= 0.6 is 0 Å². The van der Waals surface area contributed by atoms with Crippen molar-refractivity contribution in [2.24, 2.45) is 16.6 Å². The van der Waals surface area contributed by atoms with E-state index in [0.29, 0.717) is 12.0 Å². The maximum Gasteiger partial charge on any atom is 0.190 e. The predicted octanol–water partition coefficient (Wildman–Crippen LogP) is 1.83. The van der Waals surface area contributed by atoms with Gasteiger partial charge in [-0.1, -0.05) is 13.3 Å². The second kappa shape index (κ2) is 5.23. The molecule has 0 aromatic rings. The average molecular weight is 197 g/mol. The summed E-state index contributed by atoms with van der Waals surface area (Å²) in [7, 11) is 3.81. The first kappa shape index (κ1) is 11.3. The summed E-state index contributed by atoms with van der Waals surface area (Å²) in [6.07, 6.45) is 6.56. The molecule has 82 valence electrons. The smallest absolute Gasteiger partial charge is 0.190 e. The molecular weight excluding hydrogens is 174 g/mol. The van der Waals surface area contributed by atoms with Crippen molar-refractivity contribution in [2.75, 3.05) is 14.1 Å². The summed E-state index contributed by atoms with van der Waals surface area (Å²) in [6, 6.07) is 0.612. The van der Waals surface area contributed by atoms with E-state index in [0.717, 1.165) is 5.92 Å². The van der Waals surface area contributed by atoms with Gasteiger partial charge in [-0.2, -0.15) is 0 Å². The van der Waals surface area contributed by atoms with Gasteiger partial charge in [0.25, 0.3) is 0 Å². The molecule has 1 saturated carbocycles. The van der Waals surface area contributed by atoms with E-state index in [1.165, 1.54) is 32.1 Å². The van der Waals surface area contributed by atoms with Crippen molar-refractivity contribution >= 4 is 5.96 Å². The van der Waals surface area contributed by atoms with Crippen molar-refractivity contribution in [3.8, 4) is 0 Å².